The Bertz CT molecular complexity index is 1120. The molecular weight excluding hydrogens is 464 g/mol. The summed E-state index contributed by atoms with van der Waals surface area (Å²) in [6, 6.07) is 10.2. The number of carboxylic acids is 1. The molecule has 0 aliphatic carbocycles. The number of carbonyl (C=O) groups excluding carboxylic acids is 1. The van der Waals surface area contributed by atoms with Crippen molar-refractivity contribution in [3.05, 3.63) is 60.2 Å². The van der Waals surface area contributed by atoms with E-state index in [0.29, 0.717) is 41.7 Å². The van der Waals surface area contributed by atoms with Crippen LogP contribution in [0.4, 0.5) is 0 Å². The third-order valence-corrected chi connectivity index (χ3v) is 6.52. The molecule has 3 atom stereocenters. The molecule has 1 saturated heterocycles. The summed E-state index contributed by atoms with van der Waals surface area (Å²) in [6.45, 7) is 7.06. The van der Waals surface area contributed by atoms with Gasteiger partial charge in [0.2, 0.25) is 12.7 Å². The minimum Gasteiger partial charge on any atom is -0.497 e. The number of carbonyl (C=O) groups is 2. The molecule has 9 nitrogen and oxygen atoms in total. The molecule has 192 valence electrons. The largest absolute Gasteiger partial charge is 0.497 e. The van der Waals surface area contributed by atoms with Gasteiger partial charge in [-0.1, -0.05) is 31.7 Å². The monoisotopic (exact) mass is 496 g/mol. The van der Waals surface area contributed by atoms with Gasteiger partial charge in [0, 0.05) is 30.6 Å². The van der Waals surface area contributed by atoms with Gasteiger partial charge in [-0.05, 0) is 30.2 Å². The highest BCUT2D eigenvalue weighted by atomic mass is 16.7. The Morgan fingerprint density at radius 1 is 1.22 bits per heavy atom. The molecular formula is C27H32N2O7. The van der Waals surface area contributed by atoms with Gasteiger partial charge in [0.1, 0.15) is 18.1 Å². The topological polar surface area (TPSA) is 107 Å². The van der Waals surface area contributed by atoms with Crippen LogP contribution in [0.1, 0.15) is 36.4 Å². The van der Waals surface area contributed by atoms with Gasteiger partial charge in [-0.15, -0.1) is 0 Å². The second-order valence-electron chi connectivity index (χ2n) is 8.81. The van der Waals surface area contributed by atoms with Crippen molar-refractivity contribution >= 4 is 11.9 Å². The Labute approximate surface area is 210 Å². The predicted octanol–water partition coefficient (Wildman–Crippen LogP) is 3.36. The number of nitrogens with zero attached hydrogens (tertiary/aromatic N) is 1. The van der Waals surface area contributed by atoms with Crippen LogP contribution in [-0.2, 0) is 9.59 Å². The second kappa shape index (κ2) is 11.3. The number of aliphatic carboxylic acids is 1. The fourth-order valence-corrected chi connectivity index (χ4v) is 4.91. The van der Waals surface area contributed by atoms with Crippen LogP contribution in [0, 0.1) is 5.92 Å². The van der Waals surface area contributed by atoms with Crippen LogP contribution in [-0.4, -0.2) is 62.0 Å². The van der Waals surface area contributed by atoms with E-state index in [0.717, 1.165) is 12.0 Å². The number of methoxy groups -OCH3 is 1. The van der Waals surface area contributed by atoms with Crippen molar-refractivity contribution in [3.63, 3.8) is 0 Å². The third-order valence-electron chi connectivity index (χ3n) is 6.52. The van der Waals surface area contributed by atoms with Crippen molar-refractivity contribution in [2.45, 2.75) is 25.3 Å². The summed E-state index contributed by atoms with van der Waals surface area (Å²) < 4.78 is 22.3. The molecule has 2 aromatic rings. The molecule has 36 heavy (non-hydrogen) atoms. The SMILES string of the molecule is C=CCOc1cc(OC)ccc1[C@@H]1[C@@H](C(=O)O)C(c2ccc3c(c2)OCO3)CN1CC(=O)NCCC. The maximum atomic E-state index is 12.8. The van der Waals surface area contributed by atoms with Gasteiger partial charge in [0.05, 0.1) is 25.6 Å². The summed E-state index contributed by atoms with van der Waals surface area (Å²) in [5.74, 6) is -0.0424. The number of hydrogen-bond acceptors (Lipinski definition) is 7. The van der Waals surface area contributed by atoms with Gasteiger partial charge < -0.3 is 29.4 Å². The van der Waals surface area contributed by atoms with Gasteiger partial charge in [-0.25, -0.2) is 0 Å². The second-order valence-corrected chi connectivity index (χ2v) is 8.81. The van der Waals surface area contributed by atoms with Gasteiger partial charge in [-0.3, -0.25) is 14.5 Å². The maximum absolute atomic E-state index is 12.8. The van der Waals surface area contributed by atoms with Crippen LogP contribution >= 0.6 is 0 Å². The minimum absolute atomic E-state index is 0.0580. The molecule has 0 saturated carbocycles. The number of carboxylic acid groups (broad SMARTS) is 1. The number of ether oxygens (including phenoxy) is 4. The van der Waals surface area contributed by atoms with Gasteiger partial charge in [0.15, 0.2) is 11.5 Å². The number of amides is 1. The Hall–Kier alpha value is -3.72. The van der Waals surface area contributed by atoms with Crippen molar-refractivity contribution in [2.24, 2.45) is 5.92 Å². The normalized spacial score (nSPS) is 20.7. The zero-order chi connectivity index (χ0) is 25.7. The molecule has 2 aromatic carbocycles. The number of fused-ring (bicyclic) bond motifs is 1. The number of nitrogens with one attached hydrogen (secondary N) is 1. The highest BCUT2D eigenvalue weighted by Gasteiger charge is 2.49. The zero-order valence-corrected chi connectivity index (χ0v) is 20.6. The summed E-state index contributed by atoms with van der Waals surface area (Å²) in [6.07, 6.45) is 2.43. The molecule has 0 bridgehead atoms. The molecule has 0 aromatic heterocycles. The molecule has 9 heteroatoms. The summed E-state index contributed by atoms with van der Waals surface area (Å²) in [4.78, 5) is 27.5. The van der Waals surface area contributed by atoms with Crippen molar-refractivity contribution in [1.82, 2.24) is 10.2 Å². The van der Waals surface area contributed by atoms with Crippen molar-refractivity contribution in [1.29, 1.82) is 0 Å². The Morgan fingerprint density at radius 2 is 2.03 bits per heavy atom. The van der Waals surface area contributed by atoms with Gasteiger partial charge in [-0.2, -0.15) is 0 Å². The lowest BCUT2D eigenvalue weighted by Crippen LogP contribution is -2.38. The first-order chi connectivity index (χ1) is 17.5. The summed E-state index contributed by atoms with van der Waals surface area (Å²) in [5.41, 5.74) is 1.49. The predicted molar refractivity (Wildman–Crippen MR) is 133 cm³/mol. The smallest absolute Gasteiger partial charge is 0.309 e. The molecule has 1 amide bonds. The zero-order valence-electron chi connectivity index (χ0n) is 20.6. The van der Waals surface area contributed by atoms with Crippen LogP contribution < -0.4 is 24.3 Å². The highest BCUT2D eigenvalue weighted by molar-refractivity contribution is 5.79. The van der Waals surface area contributed by atoms with Crippen LogP contribution in [0.2, 0.25) is 0 Å². The van der Waals surface area contributed by atoms with E-state index in [1.807, 2.05) is 30.0 Å². The number of hydrogen-bond donors (Lipinski definition) is 2. The van der Waals surface area contributed by atoms with Crippen molar-refractivity contribution < 1.29 is 33.6 Å². The van der Waals surface area contributed by atoms with Crippen LogP contribution in [0.5, 0.6) is 23.0 Å². The van der Waals surface area contributed by atoms with E-state index < -0.39 is 23.8 Å². The summed E-state index contributed by atoms with van der Waals surface area (Å²) in [5, 5.41) is 13.4. The number of benzene rings is 2. The van der Waals surface area contributed by atoms with E-state index in [9.17, 15) is 14.7 Å². The van der Waals surface area contributed by atoms with Crippen LogP contribution in [0.25, 0.3) is 0 Å². The van der Waals surface area contributed by atoms with E-state index in [-0.39, 0.29) is 25.9 Å². The quantitative estimate of drug-likeness (QED) is 0.456. The molecule has 4 rings (SSSR count). The lowest BCUT2D eigenvalue weighted by atomic mass is 9.82. The minimum atomic E-state index is -0.954. The summed E-state index contributed by atoms with van der Waals surface area (Å²) in [7, 11) is 1.56. The van der Waals surface area contributed by atoms with E-state index in [1.54, 1.807) is 31.4 Å². The molecule has 1 fully saturated rings. The fourth-order valence-electron chi connectivity index (χ4n) is 4.91. The summed E-state index contributed by atoms with van der Waals surface area (Å²) >= 11 is 0. The van der Waals surface area contributed by atoms with Crippen LogP contribution in [0.3, 0.4) is 0 Å². The molecule has 0 spiro atoms. The molecule has 2 aliphatic heterocycles. The standard InChI is InChI=1S/C27H32N2O7/c1-4-10-28-24(30)15-29-14-20(17-6-9-21-23(12-17)36-16-35-21)25(27(31)32)26(29)19-8-7-18(33-3)13-22(19)34-11-5-2/h5-9,12-13,20,25-26H,2,4,10-11,14-16H2,1,3H3,(H,28,30)(H,31,32)/t20?,25-,26+/m0/s1. The average molecular weight is 497 g/mol. The Kier molecular flexibility index (Phi) is 8.00. The van der Waals surface area contributed by atoms with Gasteiger partial charge in [0.25, 0.3) is 0 Å². The lowest BCUT2D eigenvalue weighted by Gasteiger charge is -2.28. The first kappa shape index (κ1) is 25.4. The van der Waals surface area contributed by atoms with Crippen molar-refractivity contribution in [2.75, 3.05) is 40.1 Å². The van der Waals surface area contributed by atoms with E-state index in [2.05, 4.69) is 11.9 Å². The molecule has 2 heterocycles. The van der Waals surface area contributed by atoms with E-state index >= 15 is 0 Å². The highest BCUT2D eigenvalue weighted by Crippen LogP contribution is 2.49. The molecule has 2 aliphatic rings. The van der Waals surface area contributed by atoms with E-state index in [1.165, 1.54) is 0 Å². The molecule has 0 radical (unpaired) electrons. The average Bonchev–Trinajstić information content (AvgIpc) is 3.50. The van der Waals surface area contributed by atoms with Crippen LogP contribution in [0.15, 0.2) is 49.1 Å². The Morgan fingerprint density at radius 3 is 2.75 bits per heavy atom. The van der Waals surface area contributed by atoms with Crippen molar-refractivity contribution in [3.8, 4) is 23.0 Å². The maximum Gasteiger partial charge on any atom is 0.309 e. The van der Waals surface area contributed by atoms with Gasteiger partial charge >= 0.3 is 5.97 Å². The third kappa shape index (κ3) is 5.26. The fraction of sp³-hybridized carbons (Fsp3) is 0.407. The molecule has 1 unspecified atom stereocenters. The lowest BCUT2D eigenvalue weighted by molar-refractivity contribution is -0.143. The first-order valence-electron chi connectivity index (χ1n) is 12.0. The first-order valence-corrected chi connectivity index (χ1v) is 12.0. The van der Waals surface area contributed by atoms with E-state index in [4.69, 9.17) is 18.9 Å². The molecule has 2 N–H and O–H groups in total. The number of likely N-dealkylation sites (tertiary alicyclic amines) is 1. The number of rotatable bonds is 11. The Balaban J connectivity index is 1.77.